The standard InChI is InChI=1S/C9H21O2PS2/c1-4-5-6-7-13-12(10,11)14-8-9(2)3/h9H,4-8H2,1-3H3,(H-,10,11). The van der Waals surface area contributed by atoms with E-state index in [9.17, 15) is 9.79 Å². The fourth-order valence-corrected chi connectivity index (χ4v) is 6.59. The molecular formula is C9H21O2PS2. The topological polar surface area (TPSA) is 43.3 Å². The van der Waals surface area contributed by atoms with Gasteiger partial charge >= 0.3 is 0 Å². The highest BCUT2D eigenvalue weighted by Gasteiger charge is 2.13. The smallest absolute Gasteiger partial charge is 0.238 e. The van der Waals surface area contributed by atoms with Gasteiger partial charge in [0.25, 0.3) is 0 Å². The van der Waals surface area contributed by atoms with E-state index in [0.29, 0.717) is 5.92 Å². The van der Waals surface area contributed by atoms with Gasteiger partial charge in [0.15, 0.2) is 16.7 Å². The normalized spacial score (nSPS) is 15.6. The van der Waals surface area contributed by atoms with Crippen molar-refractivity contribution >= 4 is 28.0 Å². The van der Waals surface area contributed by atoms with E-state index in [2.05, 4.69) is 20.8 Å². The molecule has 0 saturated heterocycles. The van der Waals surface area contributed by atoms with Crippen LogP contribution in [0.3, 0.4) is 0 Å². The van der Waals surface area contributed by atoms with E-state index in [0.717, 1.165) is 30.8 Å². The lowest BCUT2D eigenvalue weighted by Gasteiger charge is -2.12. The molecule has 0 aromatic carbocycles. The molecule has 1 N–H and O–H groups in total. The summed E-state index contributed by atoms with van der Waals surface area (Å²) in [6.07, 6.45) is 3.37. The second-order valence-electron chi connectivity index (χ2n) is 3.70. The molecule has 1 unspecified atom stereocenters. The van der Waals surface area contributed by atoms with Crippen molar-refractivity contribution in [2.45, 2.75) is 40.0 Å². The SMILES string of the molecule is CCCCCSP([O-])(O)=[S+]CC(C)C. The summed E-state index contributed by atoms with van der Waals surface area (Å²) in [5, 5.41) is 0. The Hall–Kier alpha value is 0.920. The first-order valence-corrected chi connectivity index (χ1v) is 9.94. The van der Waals surface area contributed by atoms with Gasteiger partial charge in [-0.1, -0.05) is 45.0 Å². The molecular weight excluding hydrogens is 235 g/mol. The lowest BCUT2D eigenvalue weighted by molar-refractivity contribution is -0.170. The van der Waals surface area contributed by atoms with Crippen LogP contribution in [-0.2, 0) is 10.9 Å². The minimum absolute atomic E-state index is 0.483. The van der Waals surface area contributed by atoms with Crippen molar-refractivity contribution in [3.63, 3.8) is 0 Å². The molecule has 0 aromatic heterocycles. The summed E-state index contributed by atoms with van der Waals surface area (Å²) in [7, 11) is 1.22. The summed E-state index contributed by atoms with van der Waals surface area (Å²) >= 11 is 1.23. The molecule has 0 heterocycles. The average Bonchev–Trinajstić information content (AvgIpc) is 2.10. The van der Waals surface area contributed by atoms with Gasteiger partial charge in [-0.15, -0.1) is 0 Å². The van der Waals surface area contributed by atoms with E-state index in [-0.39, 0.29) is 0 Å². The van der Waals surface area contributed by atoms with Crippen LogP contribution in [0.2, 0.25) is 0 Å². The van der Waals surface area contributed by atoms with Gasteiger partial charge in [-0.05, 0) is 6.42 Å². The zero-order valence-corrected chi connectivity index (χ0v) is 11.8. The molecule has 86 valence electrons. The quantitative estimate of drug-likeness (QED) is 0.432. The third-order valence-electron chi connectivity index (χ3n) is 1.57. The lowest BCUT2D eigenvalue weighted by atomic mass is 10.3. The first kappa shape index (κ1) is 14.9. The molecule has 1 atom stereocenters. The summed E-state index contributed by atoms with van der Waals surface area (Å²) in [6.45, 7) is 6.26. The Morgan fingerprint density at radius 2 is 2.07 bits per heavy atom. The summed E-state index contributed by atoms with van der Waals surface area (Å²) in [5.74, 6) is 2.07. The first-order valence-electron chi connectivity index (χ1n) is 5.10. The van der Waals surface area contributed by atoms with Gasteiger partial charge in [0.1, 0.15) is 0 Å². The molecule has 0 rings (SSSR count). The molecule has 0 amide bonds. The van der Waals surface area contributed by atoms with E-state index >= 15 is 0 Å². The van der Waals surface area contributed by atoms with Crippen molar-refractivity contribution < 1.29 is 9.79 Å². The molecule has 14 heavy (non-hydrogen) atoms. The van der Waals surface area contributed by atoms with Crippen LogP contribution in [0, 0.1) is 5.92 Å². The predicted molar refractivity (Wildman–Crippen MR) is 68.2 cm³/mol. The molecule has 0 fully saturated rings. The van der Waals surface area contributed by atoms with Gasteiger partial charge in [-0.2, -0.15) is 0 Å². The van der Waals surface area contributed by atoms with Gasteiger partial charge in [0, 0.05) is 11.7 Å². The van der Waals surface area contributed by atoms with Crippen LogP contribution in [0.5, 0.6) is 0 Å². The van der Waals surface area contributed by atoms with Crippen LogP contribution in [0.4, 0.5) is 0 Å². The van der Waals surface area contributed by atoms with Gasteiger partial charge in [-0.3, -0.25) is 0 Å². The van der Waals surface area contributed by atoms with E-state index < -0.39 is 5.69 Å². The molecule has 0 aliphatic carbocycles. The lowest BCUT2D eigenvalue weighted by Crippen LogP contribution is -2.02. The van der Waals surface area contributed by atoms with E-state index in [4.69, 9.17) is 0 Å². The maximum atomic E-state index is 11.6. The minimum atomic E-state index is -2.95. The van der Waals surface area contributed by atoms with Crippen LogP contribution in [0.15, 0.2) is 0 Å². The number of rotatable bonds is 7. The van der Waals surface area contributed by atoms with Gasteiger partial charge in [0.2, 0.25) is 5.69 Å². The van der Waals surface area contributed by atoms with Crippen molar-refractivity contribution in [3.05, 3.63) is 0 Å². The molecule has 0 radical (unpaired) electrons. The van der Waals surface area contributed by atoms with Crippen molar-refractivity contribution in [2.75, 3.05) is 11.5 Å². The Bertz CT molecular complexity index is 189. The molecule has 0 aliphatic heterocycles. The Morgan fingerprint density at radius 1 is 1.43 bits per heavy atom. The van der Waals surface area contributed by atoms with E-state index in [1.807, 2.05) is 0 Å². The summed E-state index contributed by atoms with van der Waals surface area (Å²) in [5.41, 5.74) is -2.95. The van der Waals surface area contributed by atoms with E-state index in [1.165, 1.54) is 22.3 Å². The number of hydrogen-bond acceptors (Lipinski definition) is 2. The van der Waals surface area contributed by atoms with Crippen molar-refractivity contribution in [1.29, 1.82) is 0 Å². The fourth-order valence-electron chi connectivity index (χ4n) is 0.813. The Kier molecular flexibility index (Phi) is 8.65. The maximum Gasteiger partial charge on any atom is 0.238 e. The summed E-state index contributed by atoms with van der Waals surface area (Å²) < 4.78 is 0. The maximum absolute atomic E-state index is 11.6. The fraction of sp³-hybridized carbons (Fsp3) is 1.00. The minimum Gasteiger partial charge on any atom is -0.756 e. The second-order valence-corrected chi connectivity index (χ2v) is 11.1. The molecule has 0 aliphatic rings. The largest absolute Gasteiger partial charge is 0.756 e. The number of unbranched alkanes of at least 4 members (excludes halogenated alkanes) is 2. The number of hydrogen-bond donors (Lipinski definition) is 1. The average molecular weight is 256 g/mol. The van der Waals surface area contributed by atoms with Crippen LogP contribution < -0.4 is 4.89 Å². The van der Waals surface area contributed by atoms with Crippen molar-refractivity contribution in [1.82, 2.24) is 0 Å². The third-order valence-corrected chi connectivity index (χ3v) is 8.36. The van der Waals surface area contributed by atoms with Crippen molar-refractivity contribution in [2.24, 2.45) is 5.92 Å². The highest BCUT2D eigenvalue weighted by atomic mass is 32.9. The van der Waals surface area contributed by atoms with Crippen LogP contribution in [0.1, 0.15) is 40.0 Å². The second kappa shape index (κ2) is 8.12. The Labute approximate surface area is 95.4 Å². The van der Waals surface area contributed by atoms with Crippen molar-refractivity contribution in [3.8, 4) is 0 Å². The molecule has 0 bridgehead atoms. The molecule has 0 spiro atoms. The summed E-state index contributed by atoms with van der Waals surface area (Å²) in [4.78, 5) is 21.1. The van der Waals surface area contributed by atoms with Gasteiger partial charge < -0.3 is 9.79 Å². The van der Waals surface area contributed by atoms with Gasteiger partial charge in [-0.25, -0.2) is 0 Å². The zero-order chi connectivity index (χ0) is 11.0. The van der Waals surface area contributed by atoms with Crippen LogP contribution in [-0.4, -0.2) is 16.4 Å². The zero-order valence-electron chi connectivity index (χ0n) is 9.23. The van der Waals surface area contributed by atoms with Gasteiger partial charge in [0.05, 0.1) is 0 Å². The highest BCUT2D eigenvalue weighted by molar-refractivity contribution is 8.69. The first-order chi connectivity index (χ1) is 6.48. The third kappa shape index (κ3) is 9.47. The van der Waals surface area contributed by atoms with Crippen LogP contribution in [0.25, 0.3) is 0 Å². The van der Waals surface area contributed by atoms with Crippen LogP contribution >= 0.6 is 17.1 Å². The molecule has 0 saturated carbocycles. The molecule has 2 nitrogen and oxygen atoms in total. The predicted octanol–water partition coefficient (Wildman–Crippen LogP) is 2.68. The monoisotopic (exact) mass is 256 g/mol. The Morgan fingerprint density at radius 3 is 2.57 bits per heavy atom. The molecule has 5 heteroatoms. The highest BCUT2D eigenvalue weighted by Crippen LogP contribution is 2.48. The Balaban J connectivity index is 3.76. The molecule has 0 aromatic rings. The summed E-state index contributed by atoms with van der Waals surface area (Å²) in [6, 6.07) is 0. The van der Waals surface area contributed by atoms with E-state index in [1.54, 1.807) is 0 Å².